The van der Waals surface area contributed by atoms with Crippen LogP contribution in [0.3, 0.4) is 0 Å². The minimum absolute atomic E-state index is 0.286. The molecule has 76 valence electrons. The zero-order chi connectivity index (χ0) is 10.1. The fourth-order valence-corrected chi connectivity index (χ4v) is 2.17. The molecule has 3 N–H and O–H groups in total. The van der Waals surface area contributed by atoms with Crippen LogP contribution in [0, 0.1) is 0 Å². The highest BCUT2D eigenvalue weighted by molar-refractivity contribution is 6.30. The number of aliphatic hydroxyl groups excluding tert-OH is 1. The van der Waals surface area contributed by atoms with Crippen molar-refractivity contribution in [2.24, 2.45) is 5.73 Å². The third-order valence-corrected chi connectivity index (χ3v) is 3.06. The molecular weight excluding hydrogens is 198 g/mol. The maximum absolute atomic E-state index is 9.73. The lowest BCUT2D eigenvalue weighted by Gasteiger charge is -2.17. The third-order valence-electron chi connectivity index (χ3n) is 2.83. The van der Waals surface area contributed by atoms with Crippen molar-refractivity contribution in [3.63, 3.8) is 0 Å². The average molecular weight is 212 g/mol. The van der Waals surface area contributed by atoms with E-state index in [9.17, 15) is 5.11 Å². The van der Waals surface area contributed by atoms with Crippen LogP contribution in [0.15, 0.2) is 18.2 Å². The Bertz CT molecular complexity index is 340. The third kappa shape index (κ3) is 1.78. The van der Waals surface area contributed by atoms with E-state index in [2.05, 4.69) is 0 Å². The molecule has 0 fully saturated rings. The molecule has 3 heteroatoms. The number of nitrogens with two attached hydrogens (primary N) is 1. The highest BCUT2D eigenvalue weighted by Gasteiger charge is 2.22. The van der Waals surface area contributed by atoms with Crippen LogP contribution < -0.4 is 5.73 Å². The summed E-state index contributed by atoms with van der Waals surface area (Å²) < 4.78 is 0. The number of benzene rings is 1. The van der Waals surface area contributed by atoms with Crippen LogP contribution in [0.25, 0.3) is 0 Å². The van der Waals surface area contributed by atoms with Crippen molar-refractivity contribution in [3.05, 3.63) is 34.3 Å². The summed E-state index contributed by atoms with van der Waals surface area (Å²) in [7, 11) is 0. The Morgan fingerprint density at radius 3 is 3.00 bits per heavy atom. The molecule has 2 rings (SSSR count). The van der Waals surface area contributed by atoms with E-state index in [-0.39, 0.29) is 6.04 Å². The van der Waals surface area contributed by atoms with Crippen molar-refractivity contribution >= 4 is 11.6 Å². The second kappa shape index (κ2) is 3.89. The summed E-state index contributed by atoms with van der Waals surface area (Å²) in [4.78, 5) is 0. The number of fused-ring (bicyclic) bond motifs is 1. The van der Waals surface area contributed by atoms with Crippen molar-refractivity contribution in [2.45, 2.75) is 31.4 Å². The van der Waals surface area contributed by atoms with E-state index in [0.29, 0.717) is 5.02 Å². The molecule has 0 aromatic heterocycles. The molecule has 0 saturated heterocycles. The van der Waals surface area contributed by atoms with Gasteiger partial charge in [0.1, 0.15) is 0 Å². The molecule has 14 heavy (non-hydrogen) atoms. The first-order valence-corrected chi connectivity index (χ1v) is 5.28. The molecule has 1 aromatic carbocycles. The van der Waals surface area contributed by atoms with Crippen LogP contribution >= 0.6 is 11.6 Å². The highest BCUT2D eigenvalue weighted by Crippen LogP contribution is 2.29. The van der Waals surface area contributed by atoms with Gasteiger partial charge in [-0.3, -0.25) is 0 Å². The summed E-state index contributed by atoms with van der Waals surface area (Å²) >= 11 is 5.91. The van der Waals surface area contributed by atoms with Gasteiger partial charge in [-0.25, -0.2) is 0 Å². The summed E-state index contributed by atoms with van der Waals surface area (Å²) in [6.07, 6.45) is 2.31. The first-order chi connectivity index (χ1) is 6.68. The van der Waals surface area contributed by atoms with Gasteiger partial charge < -0.3 is 10.8 Å². The maximum Gasteiger partial charge on any atom is 0.0733 e. The van der Waals surface area contributed by atoms with E-state index < -0.39 is 6.10 Å². The largest absolute Gasteiger partial charge is 0.391 e. The van der Waals surface area contributed by atoms with Gasteiger partial charge in [-0.1, -0.05) is 17.7 Å². The Kier molecular flexibility index (Phi) is 2.77. The zero-order valence-electron chi connectivity index (χ0n) is 7.91. The van der Waals surface area contributed by atoms with E-state index in [4.69, 9.17) is 17.3 Å². The first-order valence-electron chi connectivity index (χ1n) is 4.90. The monoisotopic (exact) mass is 211 g/mol. The van der Waals surface area contributed by atoms with Gasteiger partial charge in [-0.05, 0) is 42.5 Å². The minimum Gasteiger partial charge on any atom is -0.391 e. The molecule has 0 unspecified atom stereocenters. The van der Waals surface area contributed by atoms with Crippen LogP contribution in [-0.4, -0.2) is 11.2 Å². The summed E-state index contributed by atoms with van der Waals surface area (Å²) in [6.45, 7) is 0. The Morgan fingerprint density at radius 1 is 1.43 bits per heavy atom. The molecular formula is C11H14ClNO. The van der Waals surface area contributed by atoms with Gasteiger partial charge >= 0.3 is 0 Å². The lowest BCUT2D eigenvalue weighted by atomic mass is 9.99. The molecule has 1 aliphatic carbocycles. The molecule has 1 aliphatic rings. The molecule has 2 nitrogen and oxygen atoms in total. The molecule has 0 aliphatic heterocycles. The molecule has 0 radical (unpaired) electrons. The Balaban J connectivity index is 2.44. The van der Waals surface area contributed by atoms with E-state index >= 15 is 0 Å². The van der Waals surface area contributed by atoms with Crippen LogP contribution in [0.1, 0.15) is 30.0 Å². The number of hydrogen-bond acceptors (Lipinski definition) is 2. The molecule has 1 aromatic rings. The second-order valence-electron chi connectivity index (χ2n) is 3.83. The van der Waals surface area contributed by atoms with E-state index in [1.165, 1.54) is 5.56 Å². The summed E-state index contributed by atoms with van der Waals surface area (Å²) in [5.74, 6) is 0. The van der Waals surface area contributed by atoms with Gasteiger partial charge in [0, 0.05) is 5.02 Å². The van der Waals surface area contributed by atoms with Gasteiger partial charge in [-0.2, -0.15) is 0 Å². The van der Waals surface area contributed by atoms with E-state index in [1.54, 1.807) is 0 Å². The van der Waals surface area contributed by atoms with Crippen LogP contribution in [0.2, 0.25) is 5.02 Å². The SMILES string of the molecule is N[C@@H]1c2cc(Cl)ccc2CCC[C@H]1O. The van der Waals surface area contributed by atoms with Crippen LogP contribution in [0.4, 0.5) is 0 Å². The van der Waals surface area contributed by atoms with Crippen molar-refractivity contribution in [1.82, 2.24) is 0 Å². The Morgan fingerprint density at radius 2 is 2.21 bits per heavy atom. The first kappa shape index (κ1) is 9.97. The summed E-state index contributed by atoms with van der Waals surface area (Å²) in [5.41, 5.74) is 8.17. The Hall–Kier alpha value is -0.570. The molecule has 0 bridgehead atoms. The average Bonchev–Trinajstić information content (AvgIpc) is 2.30. The van der Waals surface area contributed by atoms with Gasteiger partial charge in [0.2, 0.25) is 0 Å². The van der Waals surface area contributed by atoms with E-state index in [1.807, 2.05) is 18.2 Å². The van der Waals surface area contributed by atoms with Crippen LogP contribution in [-0.2, 0) is 6.42 Å². The van der Waals surface area contributed by atoms with Gasteiger partial charge in [-0.15, -0.1) is 0 Å². The van der Waals surface area contributed by atoms with Gasteiger partial charge in [0.15, 0.2) is 0 Å². The predicted molar refractivity (Wildman–Crippen MR) is 57.3 cm³/mol. The normalized spacial score (nSPS) is 26.8. The number of hydrogen-bond donors (Lipinski definition) is 2. The summed E-state index contributed by atoms with van der Waals surface area (Å²) in [6, 6.07) is 5.47. The van der Waals surface area contributed by atoms with Crippen molar-refractivity contribution < 1.29 is 5.11 Å². The molecule has 0 amide bonds. The fraction of sp³-hybridized carbons (Fsp3) is 0.455. The lowest BCUT2D eigenvalue weighted by Crippen LogP contribution is -2.25. The van der Waals surface area contributed by atoms with Crippen molar-refractivity contribution in [1.29, 1.82) is 0 Å². The minimum atomic E-state index is -0.435. The quantitative estimate of drug-likeness (QED) is 0.646. The topological polar surface area (TPSA) is 46.2 Å². The van der Waals surface area contributed by atoms with E-state index in [0.717, 1.165) is 24.8 Å². The Labute approximate surface area is 88.7 Å². The number of aliphatic hydroxyl groups is 1. The van der Waals surface area contributed by atoms with Crippen LogP contribution in [0.5, 0.6) is 0 Å². The smallest absolute Gasteiger partial charge is 0.0733 e. The highest BCUT2D eigenvalue weighted by atomic mass is 35.5. The van der Waals surface area contributed by atoms with Gasteiger partial charge in [0.05, 0.1) is 12.1 Å². The standard InChI is InChI=1S/C11H14ClNO/c12-8-5-4-7-2-1-3-10(14)11(13)9(7)6-8/h4-6,10-11,14H,1-3,13H2/t10-,11-/m1/s1. The van der Waals surface area contributed by atoms with Gasteiger partial charge in [0.25, 0.3) is 0 Å². The number of halogens is 1. The van der Waals surface area contributed by atoms with Crippen molar-refractivity contribution in [3.8, 4) is 0 Å². The summed E-state index contributed by atoms with van der Waals surface area (Å²) in [5, 5.41) is 10.4. The molecule has 0 heterocycles. The number of rotatable bonds is 0. The lowest BCUT2D eigenvalue weighted by molar-refractivity contribution is 0.136. The molecule has 0 saturated carbocycles. The second-order valence-corrected chi connectivity index (χ2v) is 4.26. The zero-order valence-corrected chi connectivity index (χ0v) is 8.67. The number of aryl methyl sites for hydroxylation is 1. The van der Waals surface area contributed by atoms with Crippen molar-refractivity contribution in [2.75, 3.05) is 0 Å². The molecule has 0 spiro atoms. The predicted octanol–water partition coefficient (Wildman–Crippen LogP) is 2.04. The fourth-order valence-electron chi connectivity index (χ4n) is 1.99. The maximum atomic E-state index is 9.73. The molecule has 2 atom stereocenters.